The number of likely N-dealkylation sites (tertiary alicyclic amines) is 1. The van der Waals surface area contributed by atoms with Crippen molar-refractivity contribution >= 4 is 5.91 Å². The Morgan fingerprint density at radius 1 is 1.38 bits per heavy atom. The number of hydrogen-bond donors (Lipinski definition) is 1. The second-order valence-electron chi connectivity index (χ2n) is 6.68. The molecule has 0 aromatic carbocycles. The Morgan fingerprint density at radius 3 is 3.05 bits per heavy atom. The van der Waals surface area contributed by atoms with Crippen LogP contribution in [0.3, 0.4) is 0 Å². The second kappa shape index (κ2) is 6.93. The minimum Gasteiger partial charge on any atom is -0.316 e. The third-order valence-corrected chi connectivity index (χ3v) is 5.36. The number of nitrogens with zero attached hydrogens (tertiary/aromatic N) is 2. The molecular formula is C17H29N3O. The predicted molar refractivity (Wildman–Crippen MR) is 84.9 cm³/mol. The van der Waals surface area contributed by atoms with Crippen LogP contribution in [0.4, 0.5) is 0 Å². The first-order valence-corrected chi connectivity index (χ1v) is 8.73. The summed E-state index contributed by atoms with van der Waals surface area (Å²) in [7, 11) is 0. The van der Waals surface area contributed by atoms with Crippen molar-refractivity contribution in [3.05, 3.63) is 11.8 Å². The quantitative estimate of drug-likeness (QED) is 0.860. The number of carbonyl (C=O) groups is 1. The standard InChI is InChI=1S/C17H29N3O/c1-2-20(15-8-4-3-5-9-15)17(21)13-19-10-6-7-14-11-18-12-16(14)19/h8,14,16,18H,2-7,9-13H2,1H3. The van der Waals surface area contributed by atoms with E-state index in [1.807, 2.05) is 4.90 Å². The van der Waals surface area contributed by atoms with Crippen LogP contribution in [0.25, 0.3) is 0 Å². The summed E-state index contributed by atoms with van der Waals surface area (Å²) in [5.74, 6) is 1.06. The number of likely N-dealkylation sites (N-methyl/N-ethyl adjacent to an activating group) is 1. The summed E-state index contributed by atoms with van der Waals surface area (Å²) >= 11 is 0. The van der Waals surface area contributed by atoms with Gasteiger partial charge in [0, 0.05) is 24.8 Å². The number of amides is 1. The number of hydrogen-bond acceptors (Lipinski definition) is 3. The molecule has 0 aromatic rings. The number of carbonyl (C=O) groups excluding carboxylic acids is 1. The van der Waals surface area contributed by atoms with Gasteiger partial charge in [-0.2, -0.15) is 0 Å². The molecule has 1 amide bonds. The zero-order valence-corrected chi connectivity index (χ0v) is 13.3. The summed E-state index contributed by atoms with van der Waals surface area (Å²) in [4.78, 5) is 17.2. The van der Waals surface area contributed by atoms with Crippen LogP contribution in [0.1, 0.15) is 45.4 Å². The fourth-order valence-corrected chi connectivity index (χ4v) is 4.22. The van der Waals surface area contributed by atoms with Gasteiger partial charge in [-0.05, 0) is 64.5 Å². The first-order valence-electron chi connectivity index (χ1n) is 8.73. The smallest absolute Gasteiger partial charge is 0.240 e. The Bertz CT molecular complexity index is 407. The monoisotopic (exact) mass is 291 g/mol. The highest BCUT2D eigenvalue weighted by Gasteiger charge is 2.36. The minimum atomic E-state index is 0.304. The highest BCUT2D eigenvalue weighted by Crippen LogP contribution is 2.27. The van der Waals surface area contributed by atoms with Crippen LogP contribution in [0.5, 0.6) is 0 Å². The molecule has 21 heavy (non-hydrogen) atoms. The Morgan fingerprint density at radius 2 is 2.29 bits per heavy atom. The molecule has 2 saturated heterocycles. The molecule has 2 fully saturated rings. The van der Waals surface area contributed by atoms with Crippen molar-refractivity contribution in [1.29, 1.82) is 0 Å². The van der Waals surface area contributed by atoms with Gasteiger partial charge in [0.15, 0.2) is 0 Å². The predicted octanol–water partition coefficient (Wildman–Crippen LogP) is 1.98. The SMILES string of the molecule is CCN(C(=O)CN1CCCC2CNCC21)C1=CCCCC1. The molecule has 4 nitrogen and oxygen atoms in total. The molecule has 2 heterocycles. The van der Waals surface area contributed by atoms with Crippen molar-refractivity contribution in [2.45, 2.75) is 51.5 Å². The molecule has 4 heteroatoms. The summed E-state index contributed by atoms with van der Waals surface area (Å²) < 4.78 is 0. The zero-order valence-electron chi connectivity index (χ0n) is 13.3. The maximum Gasteiger partial charge on any atom is 0.240 e. The van der Waals surface area contributed by atoms with Gasteiger partial charge in [0.25, 0.3) is 0 Å². The molecule has 0 bridgehead atoms. The lowest BCUT2D eigenvalue weighted by Gasteiger charge is -2.38. The maximum atomic E-state index is 12.8. The van der Waals surface area contributed by atoms with E-state index in [0.717, 1.165) is 44.9 Å². The van der Waals surface area contributed by atoms with Gasteiger partial charge >= 0.3 is 0 Å². The molecule has 2 aliphatic heterocycles. The van der Waals surface area contributed by atoms with Crippen LogP contribution < -0.4 is 5.32 Å². The summed E-state index contributed by atoms with van der Waals surface area (Å²) in [6.45, 7) is 6.80. The van der Waals surface area contributed by atoms with E-state index in [4.69, 9.17) is 0 Å². The Balaban J connectivity index is 1.62. The molecule has 0 radical (unpaired) electrons. The average molecular weight is 291 g/mol. The largest absolute Gasteiger partial charge is 0.316 e. The first kappa shape index (κ1) is 15.0. The Labute approximate surface area is 128 Å². The number of allylic oxidation sites excluding steroid dienone is 2. The third-order valence-electron chi connectivity index (χ3n) is 5.36. The van der Waals surface area contributed by atoms with Crippen LogP contribution in [-0.2, 0) is 4.79 Å². The van der Waals surface area contributed by atoms with E-state index in [1.54, 1.807) is 0 Å². The van der Waals surface area contributed by atoms with Crippen LogP contribution in [-0.4, -0.2) is 54.5 Å². The molecule has 118 valence electrons. The van der Waals surface area contributed by atoms with Gasteiger partial charge in [-0.15, -0.1) is 0 Å². The summed E-state index contributed by atoms with van der Waals surface area (Å²) in [6, 6.07) is 0.585. The Hall–Kier alpha value is -0.870. The van der Waals surface area contributed by atoms with Gasteiger partial charge < -0.3 is 10.2 Å². The van der Waals surface area contributed by atoms with Crippen LogP contribution in [0, 0.1) is 5.92 Å². The van der Waals surface area contributed by atoms with Gasteiger partial charge in [-0.25, -0.2) is 0 Å². The normalized spacial score (nSPS) is 29.9. The van der Waals surface area contributed by atoms with Gasteiger partial charge in [-0.3, -0.25) is 9.69 Å². The molecule has 1 aliphatic carbocycles. The van der Waals surface area contributed by atoms with E-state index in [1.165, 1.54) is 31.4 Å². The fraction of sp³-hybridized carbons (Fsp3) is 0.824. The fourth-order valence-electron chi connectivity index (χ4n) is 4.22. The van der Waals surface area contributed by atoms with Gasteiger partial charge in [0.2, 0.25) is 5.91 Å². The van der Waals surface area contributed by atoms with E-state index in [-0.39, 0.29) is 0 Å². The molecule has 3 aliphatic rings. The lowest BCUT2D eigenvalue weighted by Crippen LogP contribution is -2.50. The zero-order chi connectivity index (χ0) is 14.7. The molecular weight excluding hydrogens is 262 g/mol. The highest BCUT2D eigenvalue weighted by atomic mass is 16.2. The van der Waals surface area contributed by atoms with Crippen molar-refractivity contribution < 1.29 is 4.79 Å². The van der Waals surface area contributed by atoms with Crippen LogP contribution in [0.2, 0.25) is 0 Å². The molecule has 0 spiro atoms. The van der Waals surface area contributed by atoms with Crippen molar-refractivity contribution in [2.75, 3.05) is 32.7 Å². The summed E-state index contributed by atoms with van der Waals surface area (Å²) in [6.07, 6.45) is 9.56. The van der Waals surface area contributed by atoms with Gasteiger partial charge in [0.05, 0.1) is 6.54 Å². The number of piperidine rings is 1. The van der Waals surface area contributed by atoms with Gasteiger partial charge in [0.1, 0.15) is 0 Å². The summed E-state index contributed by atoms with van der Waals surface area (Å²) in [5.41, 5.74) is 1.27. The summed E-state index contributed by atoms with van der Waals surface area (Å²) in [5, 5.41) is 3.50. The van der Waals surface area contributed by atoms with Crippen LogP contribution in [0.15, 0.2) is 11.8 Å². The van der Waals surface area contributed by atoms with Crippen LogP contribution >= 0.6 is 0 Å². The van der Waals surface area contributed by atoms with Crippen molar-refractivity contribution in [2.24, 2.45) is 5.92 Å². The molecule has 1 N–H and O–H groups in total. The maximum absolute atomic E-state index is 12.8. The molecule has 2 atom stereocenters. The van der Waals surface area contributed by atoms with Gasteiger partial charge in [-0.1, -0.05) is 6.08 Å². The minimum absolute atomic E-state index is 0.304. The molecule has 0 aromatic heterocycles. The first-order chi connectivity index (χ1) is 10.3. The van der Waals surface area contributed by atoms with Crippen molar-refractivity contribution in [3.63, 3.8) is 0 Å². The number of rotatable bonds is 4. The molecule has 2 unspecified atom stereocenters. The third kappa shape index (κ3) is 3.32. The van der Waals surface area contributed by atoms with Crippen molar-refractivity contribution in [1.82, 2.24) is 15.1 Å². The van der Waals surface area contributed by atoms with Crippen molar-refractivity contribution in [3.8, 4) is 0 Å². The lowest BCUT2D eigenvalue weighted by atomic mass is 9.92. The Kier molecular flexibility index (Phi) is 4.96. The lowest BCUT2D eigenvalue weighted by molar-refractivity contribution is -0.131. The number of fused-ring (bicyclic) bond motifs is 1. The van der Waals surface area contributed by atoms with E-state index in [2.05, 4.69) is 23.2 Å². The average Bonchev–Trinajstić information content (AvgIpc) is 2.99. The van der Waals surface area contributed by atoms with E-state index < -0.39 is 0 Å². The second-order valence-corrected chi connectivity index (χ2v) is 6.68. The van der Waals surface area contributed by atoms with E-state index >= 15 is 0 Å². The molecule has 3 rings (SSSR count). The highest BCUT2D eigenvalue weighted by molar-refractivity contribution is 5.80. The van der Waals surface area contributed by atoms with E-state index in [0.29, 0.717) is 18.5 Å². The number of nitrogens with one attached hydrogen (secondary N) is 1. The topological polar surface area (TPSA) is 35.6 Å². The van der Waals surface area contributed by atoms with E-state index in [9.17, 15) is 4.79 Å². The molecule has 0 saturated carbocycles.